The van der Waals surface area contributed by atoms with Crippen molar-refractivity contribution in [2.45, 2.75) is 39.8 Å². The number of hydrogen-bond donors (Lipinski definition) is 2. The molecule has 4 rings (SSSR count). The maximum atomic E-state index is 11.8. The Labute approximate surface area is 151 Å². The normalized spacial score (nSPS) is 14.4. The molecule has 2 heterocycles. The maximum absolute atomic E-state index is 11.8. The highest BCUT2D eigenvalue weighted by atomic mass is 16.7. The highest BCUT2D eigenvalue weighted by Crippen LogP contribution is 2.30. The number of nitrogens with zero attached hydrogens (tertiary/aromatic N) is 3. The standard InChI is InChI=1S/C19H23N5O2/c1-11(2)9-24-15(10-26-23-19(25)12-7-8-12)22-16-17(24)13-5-3-4-6-14(13)21-18(16)20/h3-6,11-12H,7-10H2,1-2H3,(H2,20,21)(H,23,25). The van der Waals surface area contributed by atoms with Gasteiger partial charge in [0.2, 0.25) is 5.91 Å². The molecule has 3 N–H and O–H groups in total. The van der Waals surface area contributed by atoms with Crippen LogP contribution >= 0.6 is 0 Å². The molecule has 0 atom stereocenters. The lowest BCUT2D eigenvalue weighted by Crippen LogP contribution is -2.25. The van der Waals surface area contributed by atoms with Gasteiger partial charge in [-0.2, -0.15) is 0 Å². The SMILES string of the molecule is CC(C)Cn1c(CONC(=O)C2CC2)nc2c(N)nc3ccccc3c21. The maximum Gasteiger partial charge on any atom is 0.246 e. The number of nitrogens with one attached hydrogen (secondary N) is 1. The molecular weight excluding hydrogens is 330 g/mol. The van der Waals surface area contributed by atoms with E-state index in [1.807, 2.05) is 24.3 Å². The Kier molecular flexibility index (Phi) is 4.24. The number of carbonyl (C=O) groups excluding carboxylic acids is 1. The fourth-order valence-corrected chi connectivity index (χ4v) is 3.18. The summed E-state index contributed by atoms with van der Waals surface area (Å²) in [5.41, 5.74) is 11.2. The van der Waals surface area contributed by atoms with Crippen LogP contribution in [0.5, 0.6) is 0 Å². The van der Waals surface area contributed by atoms with Gasteiger partial charge in [-0.3, -0.25) is 9.63 Å². The first-order valence-electron chi connectivity index (χ1n) is 8.99. The van der Waals surface area contributed by atoms with Crippen LogP contribution in [-0.2, 0) is 22.8 Å². The number of para-hydroxylation sites is 1. The summed E-state index contributed by atoms with van der Waals surface area (Å²) in [6.07, 6.45) is 1.88. The monoisotopic (exact) mass is 353 g/mol. The first-order valence-corrected chi connectivity index (χ1v) is 8.99. The van der Waals surface area contributed by atoms with Crippen LogP contribution in [-0.4, -0.2) is 20.4 Å². The van der Waals surface area contributed by atoms with Crippen LogP contribution in [0.15, 0.2) is 24.3 Å². The minimum absolute atomic E-state index is 0.0526. The molecule has 1 aliphatic rings. The van der Waals surface area contributed by atoms with Crippen LogP contribution in [0.1, 0.15) is 32.5 Å². The quantitative estimate of drug-likeness (QED) is 0.665. The van der Waals surface area contributed by atoms with E-state index in [-0.39, 0.29) is 18.4 Å². The molecule has 1 amide bonds. The van der Waals surface area contributed by atoms with E-state index >= 15 is 0 Å². The number of benzene rings is 1. The molecule has 0 aliphatic heterocycles. The van der Waals surface area contributed by atoms with Crippen LogP contribution in [0, 0.1) is 11.8 Å². The molecule has 0 bridgehead atoms. The fourth-order valence-electron chi connectivity index (χ4n) is 3.18. The van der Waals surface area contributed by atoms with Gasteiger partial charge < -0.3 is 10.3 Å². The molecule has 2 aromatic heterocycles. The van der Waals surface area contributed by atoms with Crippen molar-refractivity contribution in [3.8, 4) is 0 Å². The van der Waals surface area contributed by atoms with Crippen molar-refractivity contribution in [3.63, 3.8) is 0 Å². The molecule has 0 unspecified atom stereocenters. The minimum atomic E-state index is -0.0526. The van der Waals surface area contributed by atoms with Gasteiger partial charge in [-0.15, -0.1) is 0 Å². The van der Waals surface area contributed by atoms with Crippen molar-refractivity contribution in [1.82, 2.24) is 20.0 Å². The Balaban J connectivity index is 1.74. The third-order valence-corrected chi connectivity index (χ3v) is 4.56. The van der Waals surface area contributed by atoms with Gasteiger partial charge in [-0.25, -0.2) is 15.4 Å². The summed E-state index contributed by atoms with van der Waals surface area (Å²) in [6, 6.07) is 7.91. The van der Waals surface area contributed by atoms with Crippen molar-refractivity contribution >= 4 is 33.7 Å². The molecule has 136 valence electrons. The van der Waals surface area contributed by atoms with Crippen LogP contribution in [0.3, 0.4) is 0 Å². The Bertz CT molecular complexity index is 975. The Morgan fingerprint density at radius 3 is 2.85 bits per heavy atom. The Morgan fingerprint density at radius 2 is 2.12 bits per heavy atom. The van der Waals surface area contributed by atoms with E-state index in [9.17, 15) is 4.79 Å². The molecule has 7 nitrogen and oxygen atoms in total. The van der Waals surface area contributed by atoms with Crippen molar-refractivity contribution < 1.29 is 9.63 Å². The Hall–Kier alpha value is -2.67. The van der Waals surface area contributed by atoms with E-state index in [1.54, 1.807) is 0 Å². The summed E-state index contributed by atoms with van der Waals surface area (Å²) in [5, 5.41) is 1.01. The third-order valence-electron chi connectivity index (χ3n) is 4.56. The number of nitrogen functional groups attached to an aromatic ring is 1. The second kappa shape index (κ2) is 6.57. The molecular formula is C19H23N5O2. The average molecular weight is 353 g/mol. The number of carbonyl (C=O) groups is 1. The van der Waals surface area contributed by atoms with Gasteiger partial charge in [-0.05, 0) is 24.8 Å². The van der Waals surface area contributed by atoms with E-state index in [0.29, 0.717) is 17.3 Å². The van der Waals surface area contributed by atoms with E-state index in [0.717, 1.165) is 41.6 Å². The van der Waals surface area contributed by atoms with Crippen molar-refractivity contribution in [2.75, 3.05) is 5.73 Å². The number of pyridine rings is 1. The summed E-state index contributed by atoms with van der Waals surface area (Å²) < 4.78 is 2.13. The van der Waals surface area contributed by atoms with Gasteiger partial charge >= 0.3 is 0 Å². The number of fused-ring (bicyclic) bond motifs is 3. The van der Waals surface area contributed by atoms with Gasteiger partial charge in [0.15, 0.2) is 5.82 Å². The van der Waals surface area contributed by atoms with E-state index in [2.05, 4.69) is 33.9 Å². The predicted molar refractivity (Wildman–Crippen MR) is 99.9 cm³/mol. The zero-order valence-corrected chi connectivity index (χ0v) is 15.0. The van der Waals surface area contributed by atoms with Crippen LogP contribution < -0.4 is 11.2 Å². The van der Waals surface area contributed by atoms with Crippen molar-refractivity contribution in [2.24, 2.45) is 11.8 Å². The van der Waals surface area contributed by atoms with Crippen LogP contribution in [0.25, 0.3) is 21.9 Å². The number of nitrogens with two attached hydrogens (primary N) is 1. The van der Waals surface area contributed by atoms with Gasteiger partial charge in [0, 0.05) is 17.8 Å². The summed E-state index contributed by atoms with van der Waals surface area (Å²) in [6.45, 7) is 5.27. The highest BCUT2D eigenvalue weighted by Gasteiger charge is 2.30. The first kappa shape index (κ1) is 16.8. The molecule has 0 radical (unpaired) electrons. The molecule has 26 heavy (non-hydrogen) atoms. The third kappa shape index (κ3) is 3.10. The highest BCUT2D eigenvalue weighted by molar-refractivity contribution is 6.06. The lowest BCUT2D eigenvalue weighted by atomic mass is 10.1. The summed E-state index contributed by atoms with van der Waals surface area (Å²) in [7, 11) is 0. The molecule has 1 aliphatic carbocycles. The summed E-state index contributed by atoms with van der Waals surface area (Å²) >= 11 is 0. The van der Waals surface area contributed by atoms with Crippen LogP contribution in [0.4, 0.5) is 5.82 Å². The fraction of sp³-hybridized carbons (Fsp3) is 0.421. The van der Waals surface area contributed by atoms with Crippen molar-refractivity contribution in [3.05, 3.63) is 30.1 Å². The van der Waals surface area contributed by atoms with Gasteiger partial charge in [0.1, 0.15) is 17.9 Å². The zero-order chi connectivity index (χ0) is 18.3. The lowest BCUT2D eigenvalue weighted by molar-refractivity contribution is -0.136. The predicted octanol–water partition coefficient (Wildman–Crippen LogP) is 2.78. The van der Waals surface area contributed by atoms with Gasteiger partial charge in [0.05, 0.1) is 11.0 Å². The average Bonchev–Trinajstić information content (AvgIpc) is 3.39. The molecule has 1 aromatic carbocycles. The number of hydroxylamine groups is 1. The molecule has 3 aromatic rings. The topological polar surface area (TPSA) is 95.1 Å². The number of anilines is 1. The molecule has 1 saturated carbocycles. The summed E-state index contributed by atoms with van der Waals surface area (Å²) in [4.78, 5) is 26.3. The molecule has 0 saturated heterocycles. The first-order chi connectivity index (χ1) is 12.5. The minimum Gasteiger partial charge on any atom is -0.382 e. The number of amides is 1. The van der Waals surface area contributed by atoms with E-state index < -0.39 is 0 Å². The second-order valence-corrected chi connectivity index (χ2v) is 7.27. The summed E-state index contributed by atoms with van der Waals surface area (Å²) in [5.74, 6) is 1.61. The number of aromatic nitrogens is 3. The number of hydrogen-bond acceptors (Lipinski definition) is 5. The lowest BCUT2D eigenvalue weighted by Gasteiger charge is -2.13. The van der Waals surface area contributed by atoms with Crippen LogP contribution in [0.2, 0.25) is 0 Å². The van der Waals surface area contributed by atoms with E-state index in [1.165, 1.54) is 0 Å². The van der Waals surface area contributed by atoms with Crippen molar-refractivity contribution in [1.29, 1.82) is 0 Å². The molecule has 7 heteroatoms. The van der Waals surface area contributed by atoms with Gasteiger partial charge in [0.25, 0.3) is 0 Å². The largest absolute Gasteiger partial charge is 0.382 e. The molecule has 0 spiro atoms. The van der Waals surface area contributed by atoms with E-state index in [4.69, 9.17) is 10.6 Å². The second-order valence-electron chi connectivity index (χ2n) is 7.27. The van der Waals surface area contributed by atoms with Gasteiger partial charge in [-0.1, -0.05) is 32.0 Å². The number of imidazole rings is 1. The molecule has 1 fully saturated rings. The smallest absolute Gasteiger partial charge is 0.246 e. The number of rotatable bonds is 6. The zero-order valence-electron chi connectivity index (χ0n) is 15.0. The Morgan fingerprint density at radius 1 is 1.35 bits per heavy atom.